The fourth-order valence-electron chi connectivity index (χ4n) is 2.08. The van der Waals surface area contributed by atoms with Crippen LogP contribution in [0.5, 0.6) is 0 Å². The molecule has 0 unspecified atom stereocenters. The quantitative estimate of drug-likeness (QED) is 0.823. The van der Waals surface area contributed by atoms with E-state index in [0.29, 0.717) is 6.04 Å². The van der Waals surface area contributed by atoms with Crippen LogP contribution in [0.25, 0.3) is 0 Å². The minimum absolute atomic E-state index is 0.260. The summed E-state index contributed by atoms with van der Waals surface area (Å²) in [6.07, 6.45) is 5.24. The predicted octanol–water partition coefficient (Wildman–Crippen LogP) is 1.98. The molecule has 2 saturated carbocycles. The van der Waals surface area contributed by atoms with E-state index < -0.39 is 0 Å². The van der Waals surface area contributed by atoms with E-state index in [1.54, 1.807) is 0 Å². The molecule has 2 aliphatic carbocycles. The van der Waals surface area contributed by atoms with Crippen LogP contribution in [0.4, 0.5) is 0 Å². The van der Waals surface area contributed by atoms with Crippen molar-refractivity contribution < 1.29 is 5.11 Å². The molecule has 2 aliphatic rings. The van der Waals surface area contributed by atoms with Crippen molar-refractivity contribution in [2.75, 3.05) is 13.2 Å². The van der Waals surface area contributed by atoms with Crippen LogP contribution in [0, 0.1) is 0 Å². The highest BCUT2D eigenvalue weighted by Crippen LogP contribution is 2.41. The molecule has 0 aromatic carbocycles. The zero-order valence-electron chi connectivity index (χ0n) is 9.43. The second-order valence-corrected chi connectivity index (χ2v) is 5.77. The standard InChI is InChI=1S/C12H18N2OS/c15-6-5-14(11-3-4-11)7-10-8-16-12(13-10)9-1-2-9/h8-9,11,15H,1-7H2. The topological polar surface area (TPSA) is 36.4 Å². The summed E-state index contributed by atoms with van der Waals surface area (Å²) in [5, 5.41) is 12.6. The van der Waals surface area contributed by atoms with Gasteiger partial charge >= 0.3 is 0 Å². The number of hydrogen-bond donors (Lipinski definition) is 1. The maximum Gasteiger partial charge on any atom is 0.0959 e. The van der Waals surface area contributed by atoms with Crippen LogP contribution in [0.15, 0.2) is 5.38 Å². The lowest BCUT2D eigenvalue weighted by atomic mass is 10.4. The van der Waals surface area contributed by atoms with Crippen molar-refractivity contribution >= 4 is 11.3 Å². The molecule has 1 N–H and O–H groups in total. The van der Waals surface area contributed by atoms with E-state index in [1.807, 2.05) is 11.3 Å². The monoisotopic (exact) mass is 238 g/mol. The van der Waals surface area contributed by atoms with E-state index in [0.717, 1.165) is 19.0 Å². The molecule has 1 heterocycles. The van der Waals surface area contributed by atoms with Crippen LogP contribution in [-0.2, 0) is 6.54 Å². The van der Waals surface area contributed by atoms with Gasteiger partial charge in [0.2, 0.25) is 0 Å². The van der Waals surface area contributed by atoms with E-state index >= 15 is 0 Å². The minimum Gasteiger partial charge on any atom is -0.395 e. The van der Waals surface area contributed by atoms with Crippen molar-refractivity contribution in [1.29, 1.82) is 0 Å². The van der Waals surface area contributed by atoms with Gasteiger partial charge in [0.15, 0.2) is 0 Å². The van der Waals surface area contributed by atoms with Gasteiger partial charge in [0, 0.05) is 30.4 Å². The first-order valence-electron chi connectivity index (χ1n) is 6.16. The third-order valence-electron chi connectivity index (χ3n) is 3.31. The normalized spacial score (nSPS) is 20.6. The lowest BCUT2D eigenvalue weighted by molar-refractivity contribution is 0.182. The average molecular weight is 238 g/mol. The van der Waals surface area contributed by atoms with Gasteiger partial charge in [-0.2, -0.15) is 0 Å². The van der Waals surface area contributed by atoms with Crippen molar-refractivity contribution in [1.82, 2.24) is 9.88 Å². The molecule has 3 rings (SSSR count). The van der Waals surface area contributed by atoms with E-state index in [2.05, 4.69) is 10.3 Å². The number of aliphatic hydroxyl groups excluding tert-OH is 1. The molecule has 0 saturated heterocycles. The molecule has 88 valence electrons. The molecule has 1 aromatic rings. The first-order valence-corrected chi connectivity index (χ1v) is 7.04. The first-order chi connectivity index (χ1) is 7.86. The van der Waals surface area contributed by atoms with Crippen molar-refractivity contribution in [3.63, 3.8) is 0 Å². The molecule has 0 atom stereocenters. The predicted molar refractivity (Wildman–Crippen MR) is 64.6 cm³/mol. The Labute approximate surface area is 100 Å². The smallest absolute Gasteiger partial charge is 0.0959 e. The highest BCUT2D eigenvalue weighted by Gasteiger charge is 2.30. The number of aromatic nitrogens is 1. The number of thiazole rings is 1. The lowest BCUT2D eigenvalue weighted by Crippen LogP contribution is -2.28. The minimum atomic E-state index is 0.260. The van der Waals surface area contributed by atoms with E-state index in [4.69, 9.17) is 10.1 Å². The first kappa shape index (κ1) is 10.7. The molecule has 2 fully saturated rings. The Kier molecular flexibility index (Phi) is 2.96. The molecule has 0 aliphatic heterocycles. The van der Waals surface area contributed by atoms with E-state index in [-0.39, 0.29) is 6.61 Å². The maximum atomic E-state index is 9.04. The van der Waals surface area contributed by atoms with Crippen molar-refractivity contribution in [2.45, 2.75) is 44.2 Å². The Morgan fingerprint density at radius 1 is 1.38 bits per heavy atom. The average Bonchev–Trinajstić information content (AvgIpc) is 3.18. The van der Waals surface area contributed by atoms with Crippen LogP contribution in [-0.4, -0.2) is 34.2 Å². The van der Waals surface area contributed by atoms with Crippen LogP contribution >= 0.6 is 11.3 Å². The molecule has 1 aromatic heterocycles. The summed E-state index contributed by atoms with van der Waals surface area (Å²) in [6, 6.07) is 0.707. The molecule has 0 bridgehead atoms. The summed E-state index contributed by atoms with van der Waals surface area (Å²) in [7, 11) is 0. The summed E-state index contributed by atoms with van der Waals surface area (Å²) >= 11 is 1.81. The van der Waals surface area contributed by atoms with E-state index in [1.165, 1.54) is 36.4 Å². The van der Waals surface area contributed by atoms with Gasteiger partial charge in [0.05, 0.1) is 17.3 Å². The van der Waals surface area contributed by atoms with Gasteiger partial charge in [0.25, 0.3) is 0 Å². The summed E-state index contributed by atoms with van der Waals surface area (Å²) in [4.78, 5) is 7.07. The van der Waals surface area contributed by atoms with Crippen LogP contribution in [0.2, 0.25) is 0 Å². The van der Waals surface area contributed by atoms with Gasteiger partial charge < -0.3 is 5.11 Å². The van der Waals surface area contributed by atoms with Gasteiger partial charge in [-0.15, -0.1) is 11.3 Å². The molecule has 0 radical (unpaired) electrons. The zero-order valence-corrected chi connectivity index (χ0v) is 10.2. The largest absolute Gasteiger partial charge is 0.395 e. The summed E-state index contributed by atoms with van der Waals surface area (Å²) < 4.78 is 0. The fraction of sp³-hybridized carbons (Fsp3) is 0.750. The van der Waals surface area contributed by atoms with Gasteiger partial charge in [-0.25, -0.2) is 4.98 Å². The van der Waals surface area contributed by atoms with Crippen LogP contribution in [0.3, 0.4) is 0 Å². The highest BCUT2D eigenvalue weighted by molar-refractivity contribution is 7.09. The third kappa shape index (κ3) is 2.44. The Morgan fingerprint density at radius 3 is 2.81 bits per heavy atom. The lowest BCUT2D eigenvalue weighted by Gasteiger charge is -2.19. The van der Waals surface area contributed by atoms with Gasteiger partial charge in [-0.1, -0.05) is 0 Å². The van der Waals surface area contributed by atoms with Crippen LogP contribution in [0.1, 0.15) is 42.3 Å². The van der Waals surface area contributed by atoms with Gasteiger partial charge in [-0.3, -0.25) is 4.90 Å². The second kappa shape index (κ2) is 4.43. The van der Waals surface area contributed by atoms with Gasteiger partial charge in [-0.05, 0) is 25.7 Å². The molecule has 16 heavy (non-hydrogen) atoms. The Morgan fingerprint density at radius 2 is 2.19 bits per heavy atom. The number of rotatable bonds is 6. The Hall–Kier alpha value is -0.450. The van der Waals surface area contributed by atoms with Crippen LogP contribution < -0.4 is 0 Å². The molecule has 0 spiro atoms. The van der Waals surface area contributed by atoms with Crippen molar-refractivity contribution in [3.05, 3.63) is 16.1 Å². The molecule has 4 heteroatoms. The van der Waals surface area contributed by atoms with Gasteiger partial charge in [0.1, 0.15) is 0 Å². The molecule has 0 amide bonds. The summed E-state index contributed by atoms with van der Waals surface area (Å²) in [5.41, 5.74) is 1.20. The number of hydrogen-bond acceptors (Lipinski definition) is 4. The maximum absolute atomic E-state index is 9.04. The van der Waals surface area contributed by atoms with Crippen molar-refractivity contribution in [3.8, 4) is 0 Å². The number of aliphatic hydroxyl groups is 1. The second-order valence-electron chi connectivity index (χ2n) is 4.88. The van der Waals surface area contributed by atoms with Crippen molar-refractivity contribution in [2.24, 2.45) is 0 Å². The highest BCUT2D eigenvalue weighted by atomic mass is 32.1. The molecular weight excluding hydrogens is 220 g/mol. The molecular formula is C12H18N2OS. The Balaban J connectivity index is 1.61. The molecule has 3 nitrogen and oxygen atoms in total. The van der Waals surface area contributed by atoms with E-state index in [9.17, 15) is 0 Å². The number of nitrogens with zero attached hydrogens (tertiary/aromatic N) is 2. The summed E-state index contributed by atoms with van der Waals surface area (Å²) in [6.45, 7) is 1.98. The Bertz CT molecular complexity index is 358. The summed E-state index contributed by atoms with van der Waals surface area (Å²) in [5.74, 6) is 0.769. The SMILES string of the molecule is OCCN(Cc1csc(C2CC2)n1)C1CC1. The third-order valence-corrected chi connectivity index (χ3v) is 4.37. The zero-order chi connectivity index (χ0) is 11.0. The fourth-order valence-corrected chi connectivity index (χ4v) is 3.06.